The summed E-state index contributed by atoms with van der Waals surface area (Å²) in [6, 6.07) is 16.1. The second kappa shape index (κ2) is 14.8. The van der Waals surface area contributed by atoms with Crippen molar-refractivity contribution < 1.29 is 19.0 Å². The smallest absolute Gasteiger partial charge is 0.254 e. The molecule has 7 rings (SSSR count). The van der Waals surface area contributed by atoms with Crippen LogP contribution in [0.25, 0.3) is 11.0 Å². The van der Waals surface area contributed by atoms with Crippen molar-refractivity contribution in [2.24, 2.45) is 0 Å². The highest BCUT2D eigenvalue weighted by Crippen LogP contribution is 2.41. The van der Waals surface area contributed by atoms with Crippen LogP contribution < -0.4 is 19.1 Å². The molecule has 2 aromatic carbocycles. The maximum Gasteiger partial charge on any atom is 0.254 e. The van der Waals surface area contributed by atoms with Crippen molar-refractivity contribution in [3.63, 3.8) is 0 Å². The van der Waals surface area contributed by atoms with Gasteiger partial charge in [0.15, 0.2) is 11.5 Å². The number of imidazole rings is 2. The number of aryl methyl sites for hydroxylation is 2. The Hall–Kier alpha value is -5.10. The Morgan fingerprint density at radius 2 is 1.70 bits per heavy atom. The fraction of sp³-hybridized carbons (Fsp3) is 0.421. The summed E-state index contributed by atoms with van der Waals surface area (Å²) >= 11 is 0. The van der Waals surface area contributed by atoms with Crippen LogP contribution in [0, 0.1) is 0 Å². The summed E-state index contributed by atoms with van der Waals surface area (Å²) in [5.41, 5.74) is 3.69. The van der Waals surface area contributed by atoms with Crippen LogP contribution in [0.1, 0.15) is 35.2 Å². The van der Waals surface area contributed by atoms with E-state index in [4.69, 9.17) is 19.2 Å². The number of carbonyl (C=O) groups is 1. The molecule has 12 heteroatoms. The Morgan fingerprint density at radius 3 is 2.44 bits per heavy atom. The summed E-state index contributed by atoms with van der Waals surface area (Å²) < 4.78 is 21.0. The molecule has 0 N–H and O–H groups in total. The van der Waals surface area contributed by atoms with Crippen molar-refractivity contribution in [3.05, 3.63) is 90.8 Å². The van der Waals surface area contributed by atoms with Crippen LogP contribution >= 0.6 is 0 Å². The third kappa shape index (κ3) is 6.72. The number of likely N-dealkylation sites (tertiary alicyclic amines) is 1. The lowest BCUT2D eigenvalue weighted by Gasteiger charge is -2.32. The van der Waals surface area contributed by atoms with E-state index in [2.05, 4.69) is 59.2 Å². The van der Waals surface area contributed by atoms with Crippen molar-refractivity contribution in [3.8, 4) is 17.2 Å². The summed E-state index contributed by atoms with van der Waals surface area (Å²) in [4.78, 5) is 34.8. The first-order valence-electron chi connectivity index (χ1n) is 17.4. The Bertz CT molecular complexity index is 1870. The van der Waals surface area contributed by atoms with Gasteiger partial charge in [-0.3, -0.25) is 9.78 Å². The molecule has 3 aromatic heterocycles. The summed E-state index contributed by atoms with van der Waals surface area (Å²) in [5, 5.41) is 0. The maximum atomic E-state index is 14.0. The third-order valence-corrected chi connectivity index (χ3v) is 10.4. The molecule has 262 valence electrons. The minimum atomic E-state index is -0.197. The van der Waals surface area contributed by atoms with Gasteiger partial charge in [0.1, 0.15) is 0 Å². The third-order valence-electron chi connectivity index (χ3n) is 10.4. The van der Waals surface area contributed by atoms with Gasteiger partial charge in [-0.25, -0.2) is 9.97 Å². The van der Waals surface area contributed by atoms with E-state index in [0.717, 1.165) is 82.1 Å². The van der Waals surface area contributed by atoms with Crippen molar-refractivity contribution >= 4 is 22.9 Å². The molecule has 50 heavy (non-hydrogen) atoms. The number of fused-ring (bicyclic) bond motifs is 1. The molecule has 1 unspecified atom stereocenters. The highest BCUT2D eigenvalue weighted by molar-refractivity contribution is 5.96. The Labute approximate surface area is 293 Å². The maximum absolute atomic E-state index is 14.0. The fourth-order valence-corrected chi connectivity index (χ4v) is 7.62. The molecular formula is C38H46N8O4. The zero-order valence-electron chi connectivity index (χ0n) is 29.2. The molecule has 2 fully saturated rings. The van der Waals surface area contributed by atoms with E-state index >= 15 is 0 Å². The Balaban J connectivity index is 1.06. The van der Waals surface area contributed by atoms with Gasteiger partial charge in [-0.05, 0) is 68.2 Å². The number of carbonyl (C=O) groups excluding carboxylic acids is 1. The van der Waals surface area contributed by atoms with Crippen molar-refractivity contribution in [1.29, 1.82) is 0 Å². The molecule has 1 amide bonds. The SMILES string of the molecule is COc1cc(C(=O)N2CCC(CCN3CCCN(c4nc5ccccc5n4CCn4ccnc4)CC3)(c3cccnc3)C2)cc(OC)c1OC. The van der Waals surface area contributed by atoms with Gasteiger partial charge in [-0.15, -0.1) is 0 Å². The van der Waals surface area contributed by atoms with Crippen LogP contribution in [0.15, 0.2) is 79.6 Å². The van der Waals surface area contributed by atoms with E-state index in [9.17, 15) is 4.79 Å². The molecule has 0 radical (unpaired) electrons. The molecule has 0 bridgehead atoms. The molecule has 1 atom stereocenters. The number of nitrogens with zero attached hydrogens (tertiary/aromatic N) is 8. The van der Waals surface area contributed by atoms with Gasteiger partial charge in [-0.1, -0.05) is 18.2 Å². The van der Waals surface area contributed by atoms with Gasteiger partial charge in [0.25, 0.3) is 5.91 Å². The molecule has 0 saturated carbocycles. The fourth-order valence-electron chi connectivity index (χ4n) is 7.62. The summed E-state index contributed by atoms with van der Waals surface area (Å²) in [5.74, 6) is 2.40. The number of rotatable bonds is 12. The zero-order chi connectivity index (χ0) is 34.5. The number of hydrogen-bond acceptors (Lipinski definition) is 9. The van der Waals surface area contributed by atoms with Gasteiger partial charge in [0.05, 0.1) is 38.7 Å². The average Bonchev–Trinajstić information content (AvgIpc) is 3.89. The number of methoxy groups -OCH3 is 3. The number of anilines is 1. The van der Waals surface area contributed by atoms with Gasteiger partial charge < -0.3 is 38.0 Å². The normalized spacial score (nSPS) is 18.4. The number of pyridine rings is 1. The van der Waals surface area contributed by atoms with Crippen LogP contribution in [0.4, 0.5) is 5.95 Å². The lowest BCUT2D eigenvalue weighted by atomic mass is 9.77. The predicted molar refractivity (Wildman–Crippen MR) is 192 cm³/mol. The Kier molecular flexibility index (Phi) is 9.88. The summed E-state index contributed by atoms with van der Waals surface area (Å²) in [6.07, 6.45) is 12.4. The lowest BCUT2D eigenvalue weighted by molar-refractivity contribution is 0.0780. The standard InChI is InChI=1S/C38H46N8O4/c1-48-33-24-29(25-34(49-2)35(33)50-3)36(47)45-18-12-38(27-45,30-8-6-13-39-26-30)11-17-42-15-7-16-44(22-20-42)37-41-31-9-4-5-10-32(31)46(37)23-21-43-19-14-40-28-43/h4-6,8-10,13-14,19,24-26,28H,7,11-12,15-18,20-23,27H2,1-3H3. The molecule has 5 aromatic rings. The molecule has 5 heterocycles. The molecule has 2 saturated heterocycles. The zero-order valence-corrected chi connectivity index (χ0v) is 29.2. The van der Waals surface area contributed by atoms with Crippen LogP contribution in [0.3, 0.4) is 0 Å². The number of benzene rings is 2. The molecule has 0 spiro atoms. The monoisotopic (exact) mass is 678 g/mol. The molecule has 12 nitrogen and oxygen atoms in total. The molecular weight excluding hydrogens is 632 g/mol. The van der Waals surface area contributed by atoms with E-state index < -0.39 is 0 Å². The topological polar surface area (TPSA) is 103 Å². The van der Waals surface area contributed by atoms with E-state index in [-0.39, 0.29) is 11.3 Å². The summed E-state index contributed by atoms with van der Waals surface area (Å²) in [7, 11) is 4.69. The average molecular weight is 679 g/mol. The lowest BCUT2D eigenvalue weighted by Crippen LogP contribution is -2.39. The van der Waals surface area contributed by atoms with E-state index in [1.54, 1.807) is 33.5 Å². The number of aromatic nitrogens is 5. The first-order valence-corrected chi connectivity index (χ1v) is 17.4. The summed E-state index contributed by atoms with van der Waals surface area (Å²) in [6.45, 7) is 7.70. The number of ether oxygens (including phenoxy) is 3. The van der Waals surface area contributed by atoms with Gasteiger partial charge >= 0.3 is 0 Å². The first kappa shape index (κ1) is 33.4. The van der Waals surface area contributed by atoms with E-state index in [1.165, 1.54) is 5.56 Å². The molecule has 2 aliphatic heterocycles. The quantitative estimate of drug-likeness (QED) is 0.185. The Morgan fingerprint density at radius 1 is 0.860 bits per heavy atom. The first-order chi connectivity index (χ1) is 24.5. The van der Waals surface area contributed by atoms with Gasteiger partial charge in [0, 0.05) is 81.6 Å². The van der Waals surface area contributed by atoms with Crippen LogP contribution in [-0.4, -0.2) is 107 Å². The van der Waals surface area contributed by atoms with E-state index in [1.807, 2.05) is 42.1 Å². The molecule has 2 aliphatic rings. The van der Waals surface area contributed by atoms with Crippen LogP contribution in [-0.2, 0) is 18.5 Å². The number of amides is 1. The number of para-hydroxylation sites is 2. The highest BCUT2D eigenvalue weighted by atomic mass is 16.5. The van der Waals surface area contributed by atoms with Crippen LogP contribution in [0.2, 0.25) is 0 Å². The van der Waals surface area contributed by atoms with Gasteiger partial charge in [-0.2, -0.15) is 0 Å². The number of hydrogen-bond donors (Lipinski definition) is 0. The van der Waals surface area contributed by atoms with E-state index in [0.29, 0.717) is 35.9 Å². The molecule has 0 aliphatic carbocycles. The second-order valence-corrected chi connectivity index (χ2v) is 13.2. The van der Waals surface area contributed by atoms with Crippen LogP contribution in [0.5, 0.6) is 17.2 Å². The minimum absolute atomic E-state index is 0.0450. The highest BCUT2D eigenvalue weighted by Gasteiger charge is 2.42. The van der Waals surface area contributed by atoms with Crippen molar-refractivity contribution in [2.75, 3.05) is 72.0 Å². The van der Waals surface area contributed by atoms with Gasteiger partial charge in [0.2, 0.25) is 11.7 Å². The largest absolute Gasteiger partial charge is 0.493 e. The second-order valence-electron chi connectivity index (χ2n) is 13.2. The minimum Gasteiger partial charge on any atom is -0.493 e. The van der Waals surface area contributed by atoms with Crippen molar-refractivity contribution in [2.45, 2.75) is 37.8 Å². The predicted octanol–water partition coefficient (Wildman–Crippen LogP) is 4.74. The van der Waals surface area contributed by atoms with Crippen molar-refractivity contribution in [1.82, 2.24) is 33.9 Å².